The first-order valence-electron chi connectivity index (χ1n) is 6.18. The molecule has 0 saturated carbocycles. The summed E-state index contributed by atoms with van der Waals surface area (Å²) < 4.78 is 5.20. The van der Waals surface area contributed by atoms with Gasteiger partial charge in [-0.3, -0.25) is 0 Å². The van der Waals surface area contributed by atoms with Crippen LogP contribution in [0.15, 0.2) is 36.4 Å². The average Bonchev–Trinajstić information content (AvgIpc) is 2.82. The molecule has 2 nitrogen and oxygen atoms in total. The van der Waals surface area contributed by atoms with E-state index in [1.54, 1.807) is 7.11 Å². The van der Waals surface area contributed by atoms with E-state index in [9.17, 15) is 0 Å². The molecule has 0 amide bonds. The van der Waals surface area contributed by atoms with Crippen LogP contribution < -0.4 is 10.1 Å². The molecule has 0 aliphatic carbocycles. The number of hydrogen-bond donors (Lipinski definition) is 1. The lowest BCUT2D eigenvalue weighted by Crippen LogP contribution is -2.20. The summed E-state index contributed by atoms with van der Waals surface area (Å²) in [4.78, 5) is 2.71. The zero-order chi connectivity index (χ0) is 13.0. The first-order valence-corrected chi connectivity index (χ1v) is 7.00. The van der Waals surface area contributed by atoms with Gasteiger partial charge >= 0.3 is 0 Å². The zero-order valence-corrected chi connectivity index (χ0v) is 11.9. The van der Waals surface area contributed by atoms with Crippen molar-refractivity contribution >= 4 is 11.3 Å². The highest BCUT2D eigenvalue weighted by atomic mass is 32.1. The van der Waals surface area contributed by atoms with Crippen molar-refractivity contribution in [3.8, 4) is 5.75 Å². The van der Waals surface area contributed by atoms with Crippen LogP contribution in [-0.4, -0.2) is 13.7 Å². The lowest BCUT2D eigenvalue weighted by molar-refractivity contribution is 0.414. The Morgan fingerprint density at radius 2 is 1.89 bits per heavy atom. The summed E-state index contributed by atoms with van der Waals surface area (Å²) in [5.74, 6) is 0.899. The molecule has 1 heterocycles. The molecule has 0 fully saturated rings. The van der Waals surface area contributed by atoms with Crippen LogP contribution >= 0.6 is 11.3 Å². The van der Waals surface area contributed by atoms with Crippen LogP contribution in [0.2, 0.25) is 0 Å². The Balaban J connectivity index is 2.28. The molecular formula is C15H19NOS. The minimum Gasteiger partial charge on any atom is -0.497 e. The van der Waals surface area contributed by atoms with Gasteiger partial charge in [-0.15, -0.1) is 11.3 Å². The molecule has 0 aliphatic heterocycles. The van der Waals surface area contributed by atoms with E-state index < -0.39 is 0 Å². The molecule has 2 aromatic rings. The van der Waals surface area contributed by atoms with Crippen LogP contribution in [0.5, 0.6) is 5.75 Å². The number of ether oxygens (including phenoxy) is 1. The van der Waals surface area contributed by atoms with Crippen LogP contribution in [0.3, 0.4) is 0 Å². The Hall–Kier alpha value is -1.32. The van der Waals surface area contributed by atoms with E-state index in [0.717, 1.165) is 12.3 Å². The molecule has 96 valence electrons. The van der Waals surface area contributed by atoms with E-state index in [2.05, 4.69) is 43.4 Å². The molecule has 1 aromatic carbocycles. The standard InChI is InChI=1S/C15H19NOS/c1-4-16-15(14-10-5-11(2)18-14)12-6-8-13(17-3)9-7-12/h5-10,15-16H,4H2,1-3H3. The number of hydrogen-bond acceptors (Lipinski definition) is 3. The molecule has 3 heteroatoms. The van der Waals surface area contributed by atoms with Crippen LogP contribution in [0.4, 0.5) is 0 Å². The second-order valence-electron chi connectivity index (χ2n) is 4.21. The normalized spacial score (nSPS) is 12.4. The van der Waals surface area contributed by atoms with E-state index in [0.29, 0.717) is 0 Å². The van der Waals surface area contributed by atoms with Crippen molar-refractivity contribution in [3.05, 3.63) is 51.7 Å². The number of methoxy groups -OCH3 is 1. The predicted molar refractivity (Wildman–Crippen MR) is 77.6 cm³/mol. The number of nitrogens with one attached hydrogen (secondary N) is 1. The third kappa shape index (κ3) is 2.92. The van der Waals surface area contributed by atoms with Gasteiger partial charge in [-0.2, -0.15) is 0 Å². The van der Waals surface area contributed by atoms with Crippen LogP contribution in [0, 0.1) is 6.92 Å². The third-order valence-electron chi connectivity index (χ3n) is 2.90. The van der Waals surface area contributed by atoms with E-state index in [-0.39, 0.29) is 6.04 Å². The van der Waals surface area contributed by atoms with Gasteiger partial charge < -0.3 is 10.1 Å². The van der Waals surface area contributed by atoms with Gasteiger partial charge in [0.15, 0.2) is 0 Å². The van der Waals surface area contributed by atoms with E-state index in [1.165, 1.54) is 15.3 Å². The smallest absolute Gasteiger partial charge is 0.118 e. The molecule has 1 unspecified atom stereocenters. The maximum Gasteiger partial charge on any atom is 0.118 e. The van der Waals surface area contributed by atoms with Crippen molar-refractivity contribution in [1.29, 1.82) is 0 Å². The molecule has 0 saturated heterocycles. The second kappa shape index (κ2) is 6.03. The summed E-state index contributed by atoms with van der Waals surface area (Å²) in [6.07, 6.45) is 0. The summed E-state index contributed by atoms with van der Waals surface area (Å²) in [7, 11) is 1.69. The highest BCUT2D eigenvalue weighted by Gasteiger charge is 2.14. The van der Waals surface area contributed by atoms with Gasteiger partial charge in [0.05, 0.1) is 13.2 Å². The first kappa shape index (κ1) is 13.1. The average molecular weight is 261 g/mol. The van der Waals surface area contributed by atoms with E-state index >= 15 is 0 Å². The molecule has 18 heavy (non-hydrogen) atoms. The fourth-order valence-corrected chi connectivity index (χ4v) is 2.97. The van der Waals surface area contributed by atoms with Crippen molar-refractivity contribution in [3.63, 3.8) is 0 Å². The van der Waals surface area contributed by atoms with Gasteiger partial charge in [0.25, 0.3) is 0 Å². The van der Waals surface area contributed by atoms with Crippen molar-refractivity contribution in [2.24, 2.45) is 0 Å². The predicted octanol–water partition coefficient (Wildman–Crippen LogP) is 3.76. The lowest BCUT2D eigenvalue weighted by Gasteiger charge is -2.17. The quantitative estimate of drug-likeness (QED) is 0.884. The highest BCUT2D eigenvalue weighted by molar-refractivity contribution is 7.12. The van der Waals surface area contributed by atoms with E-state index in [1.807, 2.05) is 23.5 Å². The fourth-order valence-electron chi connectivity index (χ4n) is 1.99. The minimum atomic E-state index is 0.277. The Labute approximate surface area is 113 Å². The monoisotopic (exact) mass is 261 g/mol. The molecule has 0 aliphatic rings. The van der Waals surface area contributed by atoms with Crippen molar-refractivity contribution in [2.75, 3.05) is 13.7 Å². The van der Waals surface area contributed by atoms with Crippen LogP contribution in [-0.2, 0) is 0 Å². The van der Waals surface area contributed by atoms with Gasteiger partial charge in [0, 0.05) is 9.75 Å². The SMILES string of the molecule is CCNC(c1ccc(OC)cc1)c1ccc(C)s1. The molecule has 0 radical (unpaired) electrons. The molecule has 2 rings (SSSR count). The van der Waals surface area contributed by atoms with Gasteiger partial charge in [-0.25, -0.2) is 0 Å². The summed E-state index contributed by atoms with van der Waals surface area (Å²) >= 11 is 1.85. The molecular weight excluding hydrogens is 242 g/mol. The Morgan fingerprint density at radius 1 is 1.17 bits per heavy atom. The summed E-state index contributed by atoms with van der Waals surface area (Å²) in [6, 6.07) is 12.9. The van der Waals surface area contributed by atoms with Crippen molar-refractivity contribution in [1.82, 2.24) is 5.32 Å². The maximum atomic E-state index is 5.20. The van der Waals surface area contributed by atoms with Crippen molar-refractivity contribution in [2.45, 2.75) is 19.9 Å². The van der Waals surface area contributed by atoms with Gasteiger partial charge in [-0.05, 0) is 43.3 Å². The maximum absolute atomic E-state index is 5.20. The van der Waals surface area contributed by atoms with E-state index in [4.69, 9.17) is 4.74 Å². The summed E-state index contributed by atoms with van der Waals surface area (Å²) in [5, 5.41) is 3.54. The van der Waals surface area contributed by atoms with Crippen LogP contribution in [0.25, 0.3) is 0 Å². The molecule has 1 N–H and O–H groups in total. The van der Waals surface area contributed by atoms with Gasteiger partial charge in [-0.1, -0.05) is 19.1 Å². The third-order valence-corrected chi connectivity index (χ3v) is 3.97. The minimum absolute atomic E-state index is 0.277. The highest BCUT2D eigenvalue weighted by Crippen LogP contribution is 2.29. The lowest BCUT2D eigenvalue weighted by atomic mass is 10.1. The van der Waals surface area contributed by atoms with Crippen molar-refractivity contribution < 1.29 is 4.74 Å². The van der Waals surface area contributed by atoms with Gasteiger partial charge in [0.2, 0.25) is 0 Å². The summed E-state index contributed by atoms with van der Waals surface area (Å²) in [6.45, 7) is 5.23. The zero-order valence-electron chi connectivity index (χ0n) is 11.1. The second-order valence-corrected chi connectivity index (χ2v) is 5.53. The molecule has 1 aromatic heterocycles. The molecule has 0 bridgehead atoms. The number of thiophene rings is 1. The van der Waals surface area contributed by atoms with Gasteiger partial charge in [0.1, 0.15) is 5.75 Å². The number of aryl methyl sites for hydroxylation is 1. The molecule has 0 spiro atoms. The Morgan fingerprint density at radius 3 is 2.39 bits per heavy atom. The topological polar surface area (TPSA) is 21.3 Å². The number of benzene rings is 1. The summed E-state index contributed by atoms with van der Waals surface area (Å²) in [5.41, 5.74) is 1.28. The first-order chi connectivity index (χ1) is 8.74. The largest absolute Gasteiger partial charge is 0.497 e. The van der Waals surface area contributed by atoms with Crippen LogP contribution in [0.1, 0.15) is 28.3 Å². The Kier molecular flexibility index (Phi) is 4.39. The number of rotatable bonds is 5. The molecule has 1 atom stereocenters. The Bertz CT molecular complexity index is 489. The fraction of sp³-hybridized carbons (Fsp3) is 0.333.